The summed E-state index contributed by atoms with van der Waals surface area (Å²) in [4.78, 5) is 12.3. The van der Waals surface area contributed by atoms with Crippen molar-refractivity contribution in [3.63, 3.8) is 0 Å². The predicted octanol–water partition coefficient (Wildman–Crippen LogP) is 5.16. The molecule has 2 N–H and O–H groups in total. The van der Waals surface area contributed by atoms with Gasteiger partial charge in [0.25, 0.3) is 0 Å². The Labute approximate surface area is 137 Å². The van der Waals surface area contributed by atoms with Crippen molar-refractivity contribution in [2.75, 3.05) is 17.7 Å². The lowest BCUT2D eigenvalue weighted by molar-refractivity contribution is 0.262. The van der Waals surface area contributed by atoms with E-state index in [2.05, 4.69) is 30.5 Å². The number of nitrogens with one attached hydrogen (secondary N) is 2. The summed E-state index contributed by atoms with van der Waals surface area (Å²) in [5, 5.41) is 5.80. The van der Waals surface area contributed by atoms with Crippen LogP contribution in [0, 0.1) is 6.92 Å². The van der Waals surface area contributed by atoms with Crippen LogP contribution in [0.5, 0.6) is 5.75 Å². The summed E-state index contributed by atoms with van der Waals surface area (Å²) in [5.74, 6) is 1.03. The topological polar surface area (TPSA) is 50.4 Å². The fraction of sp³-hybridized carbons (Fsp3) is 0.316. The lowest BCUT2D eigenvalue weighted by Crippen LogP contribution is -2.21. The summed E-state index contributed by atoms with van der Waals surface area (Å²) in [7, 11) is 1.59. The Balaban J connectivity index is 2.16. The van der Waals surface area contributed by atoms with Crippen LogP contribution in [-0.4, -0.2) is 13.1 Å². The molecular formula is C19H24N2O2. The van der Waals surface area contributed by atoms with Gasteiger partial charge in [0, 0.05) is 5.69 Å². The number of carbonyl (C=O) groups excluding carboxylic acids is 1. The Morgan fingerprint density at radius 2 is 1.83 bits per heavy atom. The van der Waals surface area contributed by atoms with Crippen molar-refractivity contribution in [3.8, 4) is 5.75 Å². The van der Waals surface area contributed by atoms with Crippen molar-refractivity contribution in [1.29, 1.82) is 0 Å². The van der Waals surface area contributed by atoms with Crippen LogP contribution in [0.1, 0.15) is 37.3 Å². The number of rotatable bonds is 5. The Kier molecular flexibility index (Phi) is 5.63. The van der Waals surface area contributed by atoms with Crippen LogP contribution in [0.25, 0.3) is 0 Å². The zero-order valence-corrected chi connectivity index (χ0v) is 14.1. The number of aryl methyl sites for hydroxylation is 1. The van der Waals surface area contributed by atoms with Crippen molar-refractivity contribution in [1.82, 2.24) is 0 Å². The highest BCUT2D eigenvalue weighted by Crippen LogP contribution is 2.28. The molecule has 0 aliphatic carbocycles. The molecule has 23 heavy (non-hydrogen) atoms. The molecule has 0 aliphatic rings. The van der Waals surface area contributed by atoms with Gasteiger partial charge >= 0.3 is 6.03 Å². The molecule has 0 aromatic heterocycles. The number of amides is 2. The van der Waals surface area contributed by atoms with Crippen LogP contribution in [-0.2, 0) is 0 Å². The van der Waals surface area contributed by atoms with Crippen LogP contribution in [0.2, 0.25) is 0 Å². The maximum absolute atomic E-state index is 12.3. The van der Waals surface area contributed by atoms with Crippen molar-refractivity contribution in [2.45, 2.75) is 33.1 Å². The number of benzene rings is 2. The molecule has 2 aromatic carbocycles. The van der Waals surface area contributed by atoms with Crippen LogP contribution in [0.15, 0.2) is 42.5 Å². The van der Waals surface area contributed by atoms with E-state index in [1.165, 1.54) is 0 Å². The standard InChI is InChI=1S/C19H24N2O2/c1-5-14(3)15-8-6-7-9-16(15)20-19(22)21-17-12-13(2)10-11-18(17)23-4/h6-12,14H,5H2,1-4H3,(H2,20,21,22)/t14-/m0/s1. The van der Waals surface area contributed by atoms with Gasteiger partial charge in [-0.15, -0.1) is 0 Å². The van der Waals surface area contributed by atoms with Crippen LogP contribution >= 0.6 is 0 Å². The molecular weight excluding hydrogens is 288 g/mol. The van der Waals surface area contributed by atoms with Crippen LogP contribution in [0.4, 0.5) is 16.2 Å². The number of hydrogen-bond donors (Lipinski definition) is 2. The molecule has 4 nitrogen and oxygen atoms in total. The molecule has 0 spiro atoms. The van der Waals surface area contributed by atoms with Gasteiger partial charge in [-0.2, -0.15) is 0 Å². The highest BCUT2D eigenvalue weighted by molar-refractivity contribution is 6.01. The zero-order chi connectivity index (χ0) is 16.8. The maximum Gasteiger partial charge on any atom is 0.323 e. The molecule has 0 saturated carbocycles. The highest BCUT2D eigenvalue weighted by Gasteiger charge is 2.12. The minimum atomic E-state index is -0.273. The molecule has 0 heterocycles. The van der Waals surface area contributed by atoms with E-state index >= 15 is 0 Å². The fourth-order valence-corrected chi connectivity index (χ4v) is 2.46. The van der Waals surface area contributed by atoms with Gasteiger partial charge < -0.3 is 15.4 Å². The molecule has 0 radical (unpaired) electrons. The average Bonchev–Trinajstić information content (AvgIpc) is 2.55. The first kappa shape index (κ1) is 16.9. The Bertz CT molecular complexity index is 683. The molecule has 2 rings (SSSR count). The van der Waals surface area contributed by atoms with Gasteiger partial charge in [0.15, 0.2) is 0 Å². The number of ether oxygens (including phenoxy) is 1. The van der Waals surface area contributed by atoms with Gasteiger partial charge in [-0.05, 0) is 48.6 Å². The Hall–Kier alpha value is -2.49. The van der Waals surface area contributed by atoms with Crippen molar-refractivity contribution in [3.05, 3.63) is 53.6 Å². The number of urea groups is 1. The molecule has 0 aliphatic heterocycles. The average molecular weight is 312 g/mol. The summed E-state index contributed by atoms with van der Waals surface area (Å²) >= 11 is 0. The number of hydrogen-bond acceptors (Lipinski definition) is 2. The first-order valence-electron chi connectivity index (χ1n) is 7.86. The third kappa shape index (κ3) is 4.25. The molecule has 1 atom stereocenters. The van der Waals surface area contributed by atoms with Gasteiger partial charge in [-0.1, -0.05) is 38.1 Å². The lowest BCUT2D eigenvalue weighted by Gasteiger charge is -2.17. The normalized spacial score (nSPS) is 11.7. The molecule has 4 heteroatoms. The first-order chi connectivity index (χ1) is 11.0. The molecule has 122 valence electrons. The van der Waals surface area contributed by atoms with E-state index < -0.39 is 0 Å². The summed E-state index contributed by atoms with van der Waals surface area (Å²) in [6.45, 7) is 6.27. The molecule has 2 aromatic rings. The second-order valence-electron chi connectivity index (χ2n) is 5.68. The van der Waals surface area contributed by atoms with Gasteiger partial charge in [0.05, 0.1) is 12.8 Å². The van der Waals surface area contributed by atoms with Gasteiger partial charge in [-0.3, -0.25) is 0 Å². The van der Waals surface area contributed by atoms with E-state index in [1.807, 2.05) is 43.3 Å². The lowest BCUT2D eigenvalue weighted by atomic mass is 9.97. The molecule has 0 unspecified atom stereocenters. The minimum absolute atomic E-state index is 0.273. The predicted molar refractivity (Wildman–Crippen MR) is 95.5 cm³/mol. The number of para-hydroxylation sites is 1. The minimum Gasteiger partial charge on any atom is -0.495 e. The largest absolute Gasteiger partial charge is 0.495 e. The number of methoxy groups -OCH3 is 1. The summed E-state index contributed by atoms with van der Waals surface area (Å²) < 4.78 is 5.29. The Morgan fingerprint density at radius 3 is 2.52 bits per heavy atom. The van der Waals surface area contributed by atoms with E-state index in [-0.39, 0.29) is 6.03 Å². The van der Waals surface area contributed by atoms with Crippen molar-refractivity contribution in [2.24, 2.45) is 0 Å². The summed E-state index contributed by atoms with van der Waals surface area (Å²) in [6.07, 6.45) is 1.02. The van der Waals surface area contributed by atoms with E-state index in [0.29, 0.717) is 17.4 Å². The summed E-state index contributed by atoms with van der Waals surface area (Å²) in [5.41, 5.74) is 3.69. The van der Waals surface area contributed by atoms with E-state index in [1.54, 1.807) is 7.11 Å². The van der Waals surface area contributed by atoms with Gasteiger partial charge in [0.2, 0.25) is 0 Å². The zero-order valence-electron chi connectivity index (χ0n) is 14.1. The monoisotopic (exact) mass is 312 g/mol. The first-order valence-corrected chi connectivity index (χ1v) is 7.86. The van der Waals surface area contributed by atoms with E-state index in [4.69, 9.17) is 4.74 Å². The SMILES string of the molecule is CC[C@H](C)c1ccccc1NC(=O)Nc1cc(C)ccc1OC. The fourth-order valence-electron chi connectivity index (χ4n) is 2.46. The second kappa shape index (κ2) is 7.68. The van der Waals surface area contributed by atoms with Crippen LogP contribution < -0.4 is 15.4 Å². The quantitative estimate of drug-likeness (QED) is 0.801. The third-order valence-corrected chi connectivity index (χ3v) is 3.96. The highest BCUT2D eigenvalue weighted by atomic mass is 16.5. The second-order valence-corrected chi connectivity index (χ2v) is 5.68. The van der Waals surface area contributed by atoms with Crippen molar-refractivity contribution >= 4 is 17.4 Å². The number of anilines is 2. The Morgan fingerprint density at radius 1 is 1.13 bits per heavy atom. The molecule has 2 amide bonds. The van der Waals surface area contributed by atoms with Crippen molar-refractivity contribution < 1.29 is 9.53 Å². The molecule has 0 saturated heterocycles. The third-order valence-electron chi connectivity index (χ3n) is 3.96. The van der Waals surface area contributed by atoms with Gasteiger partial charge in [0.1, 0.15) is 5.75 Å². The van der Waals surface area contributed by atoms with E-state index in [0.717, 1.165) is 23.2 Å². The van der Waals surface area contributed by atoms with Gasteiger partial charge in [-0.25, -0.2) is 4.79 Å². The maximum atomic E-state index is 12.3. The van der Waals surface area contributed by atoms with E-state index in [9.17, 15) is 4.79 Å². The molecule has 0 bridgehead atoms. The smallest absolute Gasteiger partial charge is 0.323 e. The summed E-state index contributed by atoms with van der Waals surface area (Å²) in [6, 6.07) is 13.3. The number of carbonyl (C=O) groups is 1. The molecule has 0 fully saturated rings. The van der Waals surface area contributed by atoms with Crippen LogP contribution in [0.3, 0.4) is 0 Å².